The van der Waals surface area contributed by atoms with Gasteiger partial charge in [-0.25, -0.2) is 13.8 Å². The minimum atomic E-state index is -0.801. The molecule has 3 heterocycles. The summed E-state index contributed by atoms with van der Waals surface area (Å²) in [6, 6.07) is 13.2. The van der Waals surface area contributed by atoms with Crippen LogP contribution in [0.5, 0.6) is 0 Å². The molecule has 1 saturated heterocycles. The average molecular weight is 479 g/mol. The molecule has 180 valence electrons. The van der Waals surface area contributed by atoms with E-state index in [1.54, 1.807) is 6.20 Å². The van der Waals surface area contributed by atoms with Crippen LogP contribution in [-0.2, 0) is 11.3 Å². The fourth-order valence-corrected chi connectivity index (χ4v) is 4.30. The summed E-state index contributed by atoms with van der Waals surface area (Å²) in [4.78, 5) is 24.0. The summed E-state index contributed by atoms with van der Waals surface area (Å²) in [5.74, 6) is -1.61. The Morgan fingerprint density at radius 2 is 1.71 bits per heavy atom. The molecule has 2 N–H and O–H groups in total. The van der Waals surface area contributed by atoms with Crippen LogP contribution >= 0.6 is 0 Å². The van der Waals surface area contributed by atoms with Gasteiger partial charge in [0, 0.05) is 67.9 Å². The lowest BCUT2D eigenvalue weighted by atomic mass is 10.2. The number of aliphatic carboxylic acids is 1. The van der Waals surface area contributed by atoms with Crippen molar-refractivity contribution in [3.63, 3.8) is 0 Å². The zero-order valence-electron chi connectivity index (χ0n) is 18.9. The Hall–Kier alpha value is -4.05. The standard InChI is InChI=1S/C25H24F2N6O2/c26-19-11-17(12-20(27)13-19)15-33-6-5-18-14-28-25(30-24(18)33)29-21-1-3-22(4-2-21)32-9-7-31(8-10-32)16-23(34)35/h1-6,11-14H,7-10,15-16H2,(H,34,35)(H,28,29,30). The molecule has 0 atom stereocenters. The number of rotatable bonds is 7. The number of aromatic nitrogens is 3. The van der Waals surface area contributed by atoms with Gasteiger partial charge < -0.3 is 19.9 Å². The number of benzene rings is 2. The van der Waals surface area contributed by atoms with Gasteiger partial charge in [0.2, 0.25) is 5.95 Å². The van der Waals surface area contributed by atoms with E-state index in [0.717, 1.165) is 35.9 Å². The van der Waals surface area contributed by atoms with Gasteiger partial charge in [0.25, 0.3) is 0 Å². The van der Waals surface area contributed by atoms with Crippen molar-refractivity contribution in [2.45, 2.75) is 6.54 Å². The summed E-state index contributed by atoms with van der Waals surface area (Å²) >= 11 is 0. The van der Waals surface area contributed by atoms with Gasteiger partial charge >= 0.3 is 5.97 Å². The van der Waals surface area contributed by atoms with Crippen molar-refractivity contribution >= 4 is 34.3 Å². The highest BCUT2D eigenvalue weighted by molar-refractivity contribution is 5.77. The molecule has 0 amide bonds. The van der Waals surface area contributed by atoms with Crippen molar-refractivity contribution in [1.29, 1.82) is 0 Å². The monoisotopic (exact) mass is 478 g/mol. The fourth-order valence-electron chi connectivity index (χ4n) is 4.30. The van der Waals surface area contributed by atoms with Crippen molar-refractivity contribution in [2.24, 2.45) is 0 Å². The Bertz CT molecular complexity index is 1330. The first-order valence-corrected chi connectivity index (χ1v) is 11.3. The van der Waals surface area contributed by atoms with Crippen LogP contribution in [0.3, 0.4) is 0 Å². The number of carbonyl (C=O) groups is 1. The second kappa shape index (κ2) is 9.67. The van der Waals surface area contributed by atoms with E-state index < -0.39 is 17.6 Å². The molecule has 0 bridgehead atoms. The third kappa shape index (κ3) is 5.38. The highest BCUT2D eigenvalue weighted by Gasteiger charge is 2.19. The van der Waals surface area contributed by atoms with E-state index in [9.17, 15) is 13.6 Å². The minimum Gasteiger partial charge on any atom is -0.480 e. The maximum atomic E-state index is 13.6. The smallest absolute Gasteiger partial charge is 0.317 e. The molecule has 0 unspecified atom stereocenters. The first-order chi connectivity index (χ1) is 16.9. The van der Waals surface area contributed by atoms with Crippen LogP contribution in [-0.4, -0.2) is 63.2 Å². The van der Waals surface area contributed by atoms with Crippen LogP contribution in [0.1, 0.15) is 5.56 Å². The molecule has 8 nitrogen and oxygen atoms in total. The van der Waals surface area contributed by atoms with Crippen LogP contribution in [0.2, 0.25) is 0 Å². The molecule has 0 radical (unpaired) electrons. The minimum absolute atomic E-state index is 0.0730. The predicted octanol–water partition coefficient (Wildman–Crippen LogP) is 3.71. The van der Waals surface area contributed by atoms with Crippen molar-refractivity contribution in [1.82, 2.24) is 19.4 Å². The van der Waals surface area contributed by atoms with Crippen LogP contribution in [0.25, 0.3) is 11.0 Å². The molecular formula is C25H24F2N6O2. The van der Waals surface area contributed by atoms with Crippen LogP contribution < -0.4 is 10.2 Å². The summed E-state index contributed by atoms with van der Waals surface area (Å²) in [6.45, 7) is 3.31. The Kier molecular flexibility index (Phi) is 6.28. The highest BCUT2D eigenvalue weighted by Crippen LogP contribution is 2.23. The maximum absolute atomic E-state index is 13.6. The Labute approximate surface area is 200 Å². The van der Waals surface area contributed by atoms with Gasteiger partial charge in [-0.05, 0) is 48.0 Å². The molecule has 2 aromatic heterocycles. The number of piperazine rings is 1. The predicted molar refractivity (Wildman–Crippen MR) is 129 cm³/mol. The third-order valence-corrected chi connectivity index (χ3v) is 6.00. The summed E-state index contributed by atoms with van der Waals surface area (Å²) in [6.07, 6.45) is 3.52. The summed E-state index contributed by atoms with van der Waals surface area (Å²) in [5.41, 5.74) is 3.05. The molecule has 0 aliphatic carbocycles. The number of halogens is 2. The number of nitrogens with zero attached hydrogens (tertiary/aromatic N) is 5. The Morgan fingerprint density at radius 1 is 1.00 bits per heavy atom. The molecule has 0 spiro atoms. The van der Waals surface area contributed by atoms with Gasteiger partial charge in [-0.2, -0.15) is 4.98 Å². The summed E-state index contributed by atoms with van der Waals surface area (Å²) in [7, 11) is 0. The first kappa shape index (κ1) is 22.7. The molecule has 10 heteroatoms. The molecule has 1 aliphatic rings. The van der Waals surface area contributed by atoms with Crippen molar-refractivity contribution in [3.8, 4) is 0 Å². The van der Waals surface area contributed by atoms with Gasteiger partial charge in [-0.1, -0.05) is 0 Å². The molecule has 35 heavy (non-hydrogen) atoms. The molecule has 1 fully saturated rings. The van der Waals surface area contributed by atoms with Crippen molar-refractivity contribution < 1.29 is 18.7 Å². The fraction of sp³-hybridized carbons (Fsp3) is 0.240. The van der Waals surface area contributed by atoms with E-state index in [2.05, 4.69) is 20.2 Å². The number of hydrogen-bond acceptors (Lipinski definition) is 6. The van der Waals surface area contributed by atoms with Gasteiger partial charge in [0.1, 0.15) is 17.3 Å². The van der Waals surface area contributed by atoms with Gasteiger partial charge in [0.15, 0.2) is 0 Å². The first-order valence-electron chi connectivity index (χ1n) is 11.3. The quantitative estimate of drug-likeness (QED) is 0.419. The molecule has 5 rings (SSSR count). The van der Waals surface area contributed by atoms with E-state index in [-0.39, 0.29) is 13.1 Å². The molecule has 2 aromatic carbocycles. The number of carboxylic acid groups (broad SMARTS) is 1. The third-order valence-electron chi connectivity index (χ3n) is 6.00. The van der Waals surface area contributed by atoms with Gasteiger partial charge in [-0.3, -0.25) is 9.69 Å². The topological polar surface area (TPSA) is 86.5 Å². The lowest BCUT2D eigenvalue weighted by Gasteiger charge is -2.35. The number of hydrogen-bond donors (Lipinski definition) is 2. The van der Waals surface area contributed by atoms with Crippen molar-refractivity contribution in [3.05, 3.63) is 78.1 Å². The van der Waals surface area contributed by atoms with Gasteiger partial charge in [-0.15, -0.1) is 0 Å². The molecule has 1 aliphatic heterocycles. The van der Waals surface area contributed by atoms with E-state index in [1.165, 1.54) is 12.1 Å². The van der Waals surface area contributed by atoms with Crippen LogP contribution in [0.15, 0.2) is 60.9 Å². The van der Waals surface area contributed by atoms with E-state index >= 15 is 0 Å². The van der Waals surface area contributed by atoms with Crippen molar-refractivity contribution in [2.75, 3.05) is 42.9 Å². The average Bonchev–Trinajstić information content (AvgIpc) is 3.21. The number of nitrogens with one attached hydrogen (secondary N) is 1. The Morgan fingerprint density at radius 3 is 2.40 bits per heavy atom. The molecule has 0 saturated carbocycles. The van der Waals surface area contributed by atoms with E-state index in [4.69, 9.17) is 5.11 Å². The number of anilines is 3. The second-order valence-electron chi connectivity index (χ2n) is 8.52. The summed E-state index contributed by atoms with van der Waals surface area (Å²) in [5, 5.41) is 13.0. The summed E-state index contributed by atoms with van der Waals surface area (Å²) < 4.78 is 29.0. The highest BCUT2D eigenvalue weighted by atomic mass is 19.1. The number of carboxylic acids is 1. The zero-order valence-corrected chi connectivity index (χ0v) is 18.9. The molecular weight excluding hydrogens is 454 g/mol. The van der Waals surface area contributed by atoms with E-state index in [0.29, 0.717) is 30.2 Å². The normalized spacial score (nSPS) is 14.4. The van der Waals surface area contributed by atoms with E-state index in [1.807, 2.05) is 46.0 Å². The lowest BCUT2D eigenvalue weighted by molar-refractivity contribution is -0.138. The molecule has 4 aromatic rings. The zero-order chi connectivity index (χ0) is 24.4. The maximum Gasteiger partial charge on any atom is 0.317 e. The van der Waals surface area contributed by atoms with Crippen LogP contribution in [0.4, 0.5) is 26.1 Å². The SMILES string of the molecule is O=C(O)CN1CCN(c2ccc(Nc3ncc4ccn(Cc5cc(F)cc(F)c5)c4n3)cc2)CC1. The van der Waals surface area contributed by atoms with Gasteiger partial charge in [0.05, 0.1) is 6.54 Å². The Balaban J connectivity index is 1.26. The van der Waals surface area contributed by atoms with Crippen LogP contribution in [0, 0.1) is 11.6 Å². The second-order valence-corrected chi connectivity index (χ2v) is 8.52. The lowest BCUT2D eigenvalue weighted by Crippen LogP contribution is -2.47. The largest absolute Gasteiger partial charge is 0.480 e. The number of fused-ring (bicyclic) bond motifs is 1.